The minimum atomic E-state index is -4.59. The van der Waals surface area contributed by atoms with Crippen molar-refractivity contribution in [2.75, 3.05) is 19.5 Å². The Balaban J connectivity index is 1.22. The van der Waals surface area contributed by atoms with E-state index < -0.39 is 62.3 Å². The number of rotatable bonds is 15. The third kappa shape index (κ3) is 9.91. The van der Waals surface area contributed by atoms with Gasteiger partial charge in [0, 0.05) is 22.6 Å². The van der Waals surface area contributed by atoms with Crippen LogP contribution in [0.3, 0.4) is 0 Å². The van der Waals surface area contributed by atoms with Crippen molar-refractivity contribution >= 4 is 59.3 Å². The second-order valence-corrected chi connectivity index (χ2v) is 18.2. The number of nitrogens with zero attached hydrogens (tertiary/aromatic N) is 4. The van der Waals surface area contributed by atoms with Crippen molar-refractivity contribution < 1.29 is 47.8 Å². The highest BCUT2D eigenvalue weighted by molar-refractivity contribution is 14.1. The molecule has 2 aromatic heterocycles. The van der Waals surface area contributed by atoms with Gasteiger partial charge in [-0.1, -0.05) is 73.5 Å². The predicted octanol–water partition coefficient (Wildman–Crippen LogP) is 5.57. The molecule has 2 aromatic carbocycles. The highest BCUT2D eigenvalue weighted by Gasteiger charge is 2.55. The van der Waals surface area contributed by atoms with E-state index in [1.165, 1.54) is 18.6 Å². The van der Waals surface area contributed by atoms with Gasteiger partial charge < -0.3 is 39.4 Å². The number of halogens is 1. The molecule has 7 rings (SSSR count). The standard InChI is InChI=1S/C40H51IN7O10P/c1-40(52)32(49)28(58-37(40)48-33-31(43-38(48)41)34(54-2)45-39(42)44-33)23-55-59(53,46-29(24-15-7-3-8-16-24)35(50)56-26-19-11-5-12-20-26)47-30(25-17-9-4-10-18-25)36(51)57-27-21-13-6-14-22-27/h3-4,7-10,15-18,26-30,32,37,49,52H,5-6,11-14,19-23H2,1-2H3,(H2,42,44,45)(H2,46,47,53)/t28-,29+,30+,32-,37-,40-/m1/s1. The molecule has 1 aliphatic heterocycles. The van der Waals surface area contributed by atoms with Gasteiger partial charge in [0.05, 0.1) is 13.7 Å². The van der Waals surface area contributed by atoms with Crippen LogP contribution < -0.4 is 20.6 Å². The molecule has 0 spiro atoms. The minimum Gasteiger partial charge on any atom is -0.479 e. The zero-order valence-corrected chi connectivity index (χ0v) is 36.0. The number of carbonyl (C=O) groups excluding carboxylic acids is 2. The van der Waals surface area contributed by atoms with Gasteiger partial charge in [-0.3, -0.25) is 9.13 Å². The largest absolute Gasteiger partial charge is 0.479 e. The molecule has 0 amide bonds. The number of carbonyl (C=O) groups is 2. The van der Waals surface area contributed by atoms with Crippen LogP contribution in [0.2, 0.25) is 0 Å². The molecule has 0 bridgehead atoms. The summed E-state index contributed by atoms with van der Waals surface area (Å²) in [5, 5.41) is 29.3. The SMILES string of the molecule is COc1nc(N)nc2c1nc(I)n2[C@@H]1O[C@H](COP(=O)(N[C@H](C(=O)OC2CCCCC2)c2ccccc2)N[C@H](C(=O)OC2CCCCC2)c2ccccc2)[C@@H](O)[C@@]1(C)O. The lowest BCUT2D eigenvalue weighted by Crippen LogP contribution is -2.45. The number of ether oxygens (including phenoxy) is 4. The van der Waals surface area contributed by atoms with Crippen molar-refractivity contribution in [1.29, 1.82) is 0 Å². The smallest absolute Gasteiger partial charge is 0.342 e. The fourth-order valence-electron chi connectivity index (χ4n) is 7.92. The first-order valence-electron chi connectivity index (χ1n) is 20.0. The number of anilines is 1. The number of fused-ring (bicyclic) bond motifs is 1. The van der Waals surface area contributed by atoms with Gasteiger partial charge in [-0.2, -0.15) is 9.97 Å². The van der Waals surface area contributed by atoms with Gasteiger partial charge in [-0.05, 0) is 69.4 Å². The van der Waals surface area contributed by atoms with Crippen molar-refractivity contribution in [2.24, 2.45) is 0 Å². The molecule has 19 heteroatoms. The van der Waals surface area contributed by atoms with E-state index in [1.807, 2.05) is 22.6 Å². The molecule has 1 saturated heterocycles. The first-order valence-corrected chi connectivity index (χ1v) is 22.7. The number of nitrogens with one attached hydrogen (secondary N) is 2. The Kier molecular flexibility index (Phi) is 13.9. The lowest BCUT2D eigenvalue weighted by molar-refractivity contribution is -0.153. The van der Waals surface area contributed by atoms with Crippen LogP contribution in [0.5, 0.6) is 5.88 Å². The maximum absolute atomic E-state index is 15.5. The van der Waals surface area contributed by atoms with Crippen LogP contribution in [0.15, 0.2) is 60.7 Å². The summed E-state index contributed by atoms with van der Waals surface area (Å²) in [6, 6.07) is 14.7. The molecule has 3 fully saturated rings. The third-order valence-electron chi connectivity index (χ3n) is 11.1. The molecule has 3 aliphatic rings. The Morgan fingerprint density at radius 1 is 0.898 bits per heavy atom. The van der Waals surface area contributed by atoms with E-state index >= 15 is 4.57 Å². The number of esters is 2. The van der Waals surface area contributed by atoms with E-state index in [4.69, 9.17) is 29.2 Å². The highest BCUT2D eigenvalue weighted by atomic mass is 127. The van der Waals surface area contributed by atoms with Crippen LogP contribution >= 0.6 is 30.3 Å². The van der Waals surface area contributed by atoms with Crippen molar-refractivity contribution in [3.05, 3.63) is 75.6 Å². The Bertz CT molecular complexity index is 2040. The molecule has 6 N–H and O–H groups in total. The Morgan fingerprint density at radius 2 is 1.41 bits per heavy atom. The van der Waals surface area contributed by atoms with E-state index in [-0.39, 0.29) is 35.2 Å². The molecule has 4 aromatic rings. The Labute approximate surface area is 355 Å². The van der Waals surface area contributed by atoms with Gasteiger partial charge in [0.15, 0.2) is 21.2 Å². The van der Waals surface area contributed by atoms with Gasteiger partial charge in [0.25, 0.3) is 0 Å². The number of aromatic nitrogens is 4. The van der Waals surface area contributed by atoms with E-state index in [2.05, 4.69) is 25.1 Å². The molecular weight excluding hydrogens is 896 g/mol. The van der Waals surface area contributed by atoms with Crippen LogP contribution in [-0.4, -0.2) is 85.4 Å². The second-order valence-electron chi connectivity index (χ2n) is 15.4. The minimum absolute atomic E-state index is 0.102. The van der Waals surface area contributed by atoms with E-state index in [0.717, 1.165) is 38.5 Å². The average molecular weight is 948 g/mol. The zero-order valence-electron chi connectivity index (χ0n) is 32.9. The van der Waals surface area contributed by atoms with Crippen molar-refractivity contribution in [3.8, 4) is 5.88 Å². The van der Waals surface area contributed by atoms with Gasteiger partial charge >= 0.3 is 19.6 Å². The zero-order chi connectivity index (χ0) is 41.7. The summed E-state index contributed by atoms with van der Waals surface area (Å²) in [4.78, 5) is 41.1. The molecule has 2 saturated carbocycles. The summed E-state index contributed by atoms with van der Waals surface area (Å²) in [7, 11) is -3.19. The fraction of sp³-hybridized carbons (Fsp3) is 0.525. The molecule has 318 valence electrons. The Hall–Kier alpha value is -3.75. The third-order valence-corrected chi connectivity index (χ3v) is 13.6. The van der Waals surface area contributed by atoms with E-state index in [1.54, 1.807) is 60.7 Å². The van der Waals surface area contributed by atoms with Gasteiger partial charge in [-0.15, -0.1) is 0 Å². The quantitative estimate of drug-likeness (QED) is 0.0425. The molecule has 17 nitrogen and oxygen atoms in total. The molecule has 2 aliphatic carbocycles. The maximum Gasteiger partial charge on any atom is 0.342 e. The van der Waals surface area contributed by atoms with Gasteiger partial charge in [0.2, 0.25) is 11.8 Å². The number of nitrogens with two attached hydrogens (primary N) is 1. The molecular formula is C40H51IN7O10P. The topological polar surface area (TPSA) is 231 Å². The molecule has 0 unspecified atom stereocenters. The normalized spacial score (nSPS) is 24.1. The number of hydrogen-bond donors (Lipinski definition) is 5. The first-order chi connectivity index (χ1) is 28.4. The predicted molar refractivity (Wildman–Crippen MR) is 224 cm³/mol. The number of imidazole rings is 1. The monoisotopic (exact) mass is 947 g/mol. The van der Waals surface area contributed by atoms with Crippen molar-refractivity contribution in [2.45, 2.75) is 119 Å². The molecule has 6 atom stereocenters. The highest BCUT2D eigenvalue weighted by Crippen LogP contribution is 2.47. The van der Waals surface area contributed by atoms with Crippen LogP contribution in [0.1, 0.15) is 101 Å². The number of benzene rings is 2. The fourth-order valence-corrected chi connectivity index (χ4v) is 10.4. The summed E-state index contributed by atoms with van der Waals surface area (Å²) in [6.45, 7) is 0.786. The maximum atomic E-state index is 15.5. The summed E-state index contributed by atoms with van der Waals surface area (Å²) in [6.07, 6.45) is 3.75. The molecule has 3 heterocycles. The lowest BCUT2D eigenvalue weighted by atomic mass is 9.96. The summed E-state index contributed by atoms with van der Waals surface area (Å²) in [5.74, 6) is -1.36. The van der Waals surface area contributed by atoms with Crippen LogP contribution in [0, 0.1) is 3.83 Å². The van der Waals surface area contributed by atoms with Gasteiger partial charge in [0.1, 0.15) is 42.1 Å². The Morgan fingerprint density at radius 3 is 1.90 bits per heavy atom. The average Bonchev–Trinajstić information content (AvgIpc) is 3.68. The lowest BCUT2D eigenvalue weighted by Gasteiger charge is -2.31. The van der Waals surface area contributed by atoms with Crippen molar-refractivity contribution in [3.63, 3.8) is 0 Å². The summed E-state index contributed by atoms with van der Waals surface area (Å²) in [5.41, 5.74) is 5.31. The summed E-state index contributed by atoms with van der Waals surface area (Å²) < 4.78 is 47.2. The van der Waals surface area contributed by atoms with E-state index in [0.29, 0.717) is 40.6 Å². The number of aliphatic hydroxyl groups excluding tert-OH is 1. The number of methoxy groups -OCH3 is 1. The van der Waals surface area contributed by atoms with Crippen molar-refractivity contribution in [1.82, 2.24) is 29.7 Å². The number of nitrogen functional groups attached to an aromatic ring is 1. The van der Waals surface area contributed by atoms with Gasteiger partial charge in [-0.25, -0.2) is 24.7 Å². The number of hydrogen-bond acceptors (Lipinski definition) is 14. The van der Waals surface area contributed by atoms with Crippen LogP contribution in [0.25, 0.3) is 11.2 Å². The number of aliphatic hydroxyl groups is 2. The molecule has 0 radical (unpaired) electrons. The summed E-state index contributed by atoms with van der Waals surface area (Å²) >= 11 is 1.93. The second kappa shape index (κ2) is 18.9. The van der Waals surface area contributed by atoms with Crippen LogP contribution in [-0.2, 0) is 32.9 Å². The van der Waals surface area contributed by atoms with E-state index in [9.17, 15) is 19.8 Å². The van der Waals surface area contributed by atoms with Crippen LogP contribution in [0.4, 0.5) is 5.95 Å². The molecule has 59 heavy (non-hydrogen) atoms. The first kappa shape index (κ1) is 43.3.